The van der Waals surface area contributed by atoms with Crippen molar-refractivity contribution in [3.63, 3.8) is 0 Å². The Hall–Kier alpha value is -2.02. The maximum absolute atomic E-state index is 5.93. The van der Waals surface area contributed by atoms with Gasteiger partial charge in [-0.05, 0) is 55.3 Å². The first-order chi connectivity index (χ1) is 15.7. The van der Waals surface area contributed by atoms with Crippen LogP contribution < -0.4 is 14.8 Å². The van der Waals surface area contributed by atoms with Crippen molar-refractivity contribution in [3.05, 3.63) is 88.7 Å². The Morgan fingerprint density at radius 1 is 0.941 bits per heavy atom. The van der Waals surface area contributed by atoms with Crippen LogP contribution in [-0.4, -0.2) is 36.1 Å². The second-order valence-corrected chi connectivity index (χ2v) is 8.57. The number of benzene rings is 2. The Labute approximate surface area is 219 Å². The summed E-state index contributed by atoms with van der Waals surface area (Å²) < 4.78 is 11.5. The average Bonchev–Trinajstić information content (AvgIpc) is 2.84. The molecule has 4 rings (SSSR count). The summed E-state index contributed by atoms with van der Waals surface area (Å²) in [6.07, 6.45) is 4.05. The Morgan fingerprint density at radius 2 is 1.68 bits per heavy atom. The zero-order chi connectivity index (χ0) is 22.2. The Bertz CT molecular complexity index is 982. The molecule has 5 nitrogen and oxygen atoms in total. The first-order valence-corrected chi connectivity index (χ1v) is 11.5. The van der Waals surface area contributed by atoms with E-state index in [2.05, 4.69) is 51.6 Å². The minimum atomic E-state index is 0. The van der Waals surface area contributed by atoms with Crippen LogP contribution >= 0.6 is 36.4 Å². The van der Waals surface area contributed by atoms with E-state index in [4.69, 9.17) is 21.1 Å². The molecule has 0 radical (unpaired) electrons. The first-order valence-electron chi connectivity index (χ1n) is 11.1. The van der Waals surface area contributed by atoms with Crippen molar-refractivity contribution < 1.29 is 9.47 Å². The molecule has 1 aromatic heterocycles. The molecule has 2 heterocycles. The number of piperidine rings is 1. The Morgan fingerprint density at radius 3 is 2.35 bits per heavy atom. The number of rotatable bonds is 9. The number of hydrogen-bond acceptors (Lipinski definition) is 5. The molecule has 8 heteroatoms. The van der Waals surface area contributed by atoms with Crippen LogP contribution in [0.15, 0.2) is 66.9 Å². The molecule has 1 fully saturated rings. The summed E-state index contributed by atoms with van der Waals surface area (Å²) in [6, 6.07) is 21.0. The lowest BCUT2D eigenvalue weighted by Crippen LogP contribution is -2.41. The zero-order valence-electron chi connectivity index (χ0n) is 19.3. The Kier molecular flexibility index (Phi) is 11.9. The summed E-state index contributed by atoms with van der Waals surface area (Å²) in [4.78, 5) is 6.63. The average molecular weight is 525 g/mol. The van der Waals surface area contributed by atoms with Gasteiger partial charge in [0.2, 0.25) is 0 Å². The second-order valence-electron chi connectivity index (χ2n) is 8.18. The van der Waals surface area contributed by atoms with Crippen molar-refractivity contribution in [1.82, 2.24) is 15.2 Å². The van der Waals surface area contributed by atoms with Gasteiger partial charge in [-0.2, -0.15) is 0 Å². The van der Waals surface area contributed by atoms with Crippen LogP contribution in [0.4, 0.5) is 0 Å². The molecule has 1 aliphatic heterocycles. The second kappa shape index (κ2) is 14.4. The van der Waals surface area contributed by atoms with Gasteiger partial charge in [0.25, 0.3) is 0 Å². The molecular formula is C26H32Cl3N3O2. The monoisotopic (exact) mass is 523 g/mol. The highest BCUT2D eigenvalue weighted by Gasteiger charge is 2.19. The topological polar surface area (TPSA) is 46.6 Å². The van der Waals surface area contributed by atoms with E-state index in [0.717, 1.165) is 43.2 Å². The van der Waals surface area contributed by atoms with Gasteiger partial charge in [0, 0.05) is 30.9 Å². The zero-order valence-corrected chi connectivity index (χ0v) is 21.7. The third-order valence-electron chi connectivity index (χ3n) is 5.84. The van der Waals surface area contributed by atoms with Crippen molar-refractivity contribution in [2.75, 3.05) is 20.2 Å². The number of aromatic nitrogens is 1. The minimum Gasteiger partial charge on any atom is -0.493 e. The molecule has 2 aromatic carbocycles. The highest BCUT2D eigenvalue weighted by atomic mass is 35.5. The Balaban J connectivity index is 0.00000204. The number of nitrogens with zero attached hydrogens (tertiary/aromatic N) is 2. The number of ether oxygens (including phenoxy) is 2. The lowest BCUT2D eigenvalue weighted by atomic mass is 10.0. The lowest BCUT2D eigenvalue weighted by molar-refractivity contribution is 0.190. The fourth-order valence-electron chi connectivity index (χ4n) is 3.99. The number of nitrogens with one attached hydrogen (secondary N) is 1. The van der Waals surface area contributed by atoms with Crippen LogP contribution in [-0.2, 0) is 19.7 Å². The molecule has 1 saturated heterocycles. The van der Waals surface area contributed by atoms with Gasteiger partial charge in [-0.3, -0.25) is 4.90 Å². The maximum atomic E-state index is 5.93. The third kappa shape index (κ3) is 8.33. The van der Waals surface area contributed by atoms with E-state index in [-0.39, 0.29) is 24.8 Å². The summed E-state index contributed by atoms with van der Waals surface area (Å²) in [5, 5.41) is 4.19. The van der Waals surface area contributed by atoms with E-state index in [1.807, 2.05) is 18.2 Å². The number of methoxy groups -OCH3 is 1. The maximum Gasteiger partial charge on any atom is 0.161 e. The molecule has 0 amide bonds. The van der Waals surface area contributed by atoms with Crippen molar-refractivity contribution >= 4 is 36.4 Å². The van der Waals surface area contributed by atoms with Gasteiger partial charge >= 0.3 is 0 Å². The largest absolute Gasteiger partial charge is 0.493 e. The number of pyridine rings is 1. The number of likely N-dealkylation sites (tertiary alicyclic amines) is 1. The quantitative estimate of drug-likeness (QED) is 0.352. The SMILES string of the molecule is COc1cc(CNC2CCN(Cc3ccccc3)CC2)ccc1OCc1ccc(Cl)nc1.Cl.Cl. The van der Waals surface area contributed by atoms with E-state index in [1.54, 1.807) is 19.4 Å². The molecule has 1 N–H and O–H groups in total. The van der Waals surface area contributed by atoms with E-state index in [0.29, 0.717) is 17.8 Å². The van der Waals surface area contributed by atoms with Gasteiger partial charge in [-0.15, -0.1) is 24.8 Å². The van der Waals surface area contributed by atoms with Crippen LogP contribution in [0.5, 0.6) is 11.5 Å². The van der Waals surface area contributed by atoms with Crippen molar-refractivity contribution in [3.8, 4) is 11.5 Å². The summed E-state index contributed by atoms with van der Waals surface area (Å²) >= 11 is 5.84. The molecule has 184 valence electrons. The van der Waals surface area contributed by atoms with E-state index in [1.165, 1.54) is 24.0 Å². The first kappa shape index (κ1) is 28.2. The van der Waals surface area contributed by atoms with Crippen LogP contribution in [0.25, 0.3) is 0 Å². The summed E-state index contributed by atoms with van der Waals surface area (Å²) in [7, 11) is 1.67. The predicted molar refractivity (Wildman–Crippen MR) is 143 cm³/mol. The van der Waals surface area contributed by atoms with Crippen molar-refractivity contribution in [1.29, 1.82) is 0 Å². The minimum absolute atomic E-state index is 0. The molecule has 3 aromatic rings. The molecule has 0 bridgehead atoms. The number of halogens is 3. The molecule has 0 spiro atoms. The van der Waals surface area contributed by atoms with Crippen LogP contribution in [0.2, 0.25) is 5.15 Å². The van der Waals surface area contributed by atoms with E-state index >= 15 is 0 Å². The standard InChI is InChI=1S/C26H30ClN3O2.2ClH/c1-31-25-15-21(7-9-24(25)32-19-22-8-10-26(27)29-17-22)16-28-23-11-13-30(14-12-23)18-20-5-3-2-4-6-20;;/h2-10,15,17,23,28H,11-14,16,18-19H2,1H3;2*1H. The van der Waals surface area contributed by atoms with Gasteiger partial charge in [-0.1, -0.05) is 54.1 Å². The molecule has 0 saturated carbocycles. The third-order valence-corrected chi connectivity index (χ3v) is 6.07. The van der Waals surface area contributed by atoms with E-state index in [9.17, 15) is 0 Å². The fraction of sp³-hybridized carbons (Fsp3) is 0.346. The van der Waals surface area contributed by atoms with Crippen LogP contribution in [0, 0.1) is 0 Å². The normalized spacial score (nSPS) is 14.1. The van der Waals surface area contributed by atoms with Crippen LogP contribution in [0.3, 0.4) is 0 Å². The summed E-state index contributed by atoms with van der Waals surface area (Å²) in [5.74, 6) is 1.46. The molecule has 0 aliphatic carbocycles. The lowest BCUT2D eigenvalue weighted by Gasteiger charge is -2.32. The molecule has 0 atom stereocenters. The van der Waals surface area contributed by atoms with Crippen LogP contribution in [0.1, 0.15) is 29.5 Å². The van der Waals surface area contributed by atoms with E-state index < -0.39 is 0 Å². The summed E-state index contributed by atoms with van der Waals surface area (Å²) in [5.41, 5.74) is 3.54. The van der Waals surface area contributed by atoms with Crippen molar-refractivity contribution in [2.45, 2.75) is 38.6 Å². The number of hydrogen-bond donors (Lipinski definition) is 1. The molecular weight excluding hydrogens is 493 g/mol. The molecule has 1 aliphatic rings. The van der Waals surface area contributed by atoms with Gasteiger partial charge in [-0.25, -0.2) is 4.98 Å². The molecule has 34 heavy (non-hydrogen) atoms. The van der Waals surface area contributed by atoms with Crippen molar-refractivity contribution in [2.24, 2.45) is 0 Å². The van der Waals surface area contributed by atoms with Gasteiger partial charge in [0.05, 0.1) is 7.11 Å². The fourth-order valence-corrected chi connectivity index (χ4v) is 4.10. The van der Waals surface area contributed by atoms with Gasteiger partial charge in [0.1, 0.15) is 11.8 Å². The van der Waals surface area contributed by atoms with Gasteiger partial charge in [0.15, 0.2) is 11.5 Å². The predicted octanol–water partition coefficient (Wildman–Crippen LogP) is 5.92. The summed E-state index contributed by atoms with van der Waals surface area (Å²) in [6.45, 7) is 4.53. The highest BCUT2D eigenvalue weighted by Crippen LogP contribution is 2.29. The smallest absolute Gasteiger partial charge is 0.161 e. The molecule has 0 unspecified atom stereocenters. The highest BCUT2D eigenvalue weighted by molar-refractivity contribution is 6.29. The van der Waals surface area contributed by atoms with Gasteiger partial charge < -0.3 is 14.8 Å².